The van der Waals surface area contributed by atoms with Gasteiger partial charge in [0.1, 0.15) is 11.9 Å². The number of hydrogen-bond acceptors (Lipinski definition) is 5. The lowest BCUT2D eigenvalue weighted by Crippen LogP contribution is -2.19. The molecule has 1 aliphatic carbocycles. The summed E-state index contributed by atoms with van der Waals surface area (Å²) in [6.45, 7) is 1.94. The van der Waals surface area contributed by atoms with E-state index in [1.165, 1.54) is 18.4 Å². The van der Waals surface area contributed by atoms with E-state index in [1.807, 2.05) is 6.92 Å². The summed E-state index contributed by atoms with van der Waals surface area (Å²) < 4.78 is 5.23. The van der Waals surface area contributed by atoms with E-state index >= 15 is 0 Å². The number of nitrogens with zero attached hydrogens (tertiary/aromatic N) is 2. The summed E-state index contributed by atoms with van der Waals surface area (Å²) in [4.78, 5) is 8.96. The van der Waals surface area contributed by atoms with Crippen LogP contribution in [0.25, 0.3) is 0 Å². The van der Waals surface area contributed by atoms with Crippen LogP contribution in [0.1, 0.15) is 43.0 Å². The van der Waals surface area contributed by atoms with Gasteiger partial charge in [0.05, 0.1) is 0 Å². The number of ether oxygens (including phenoxy) is 1. The summed E-state index contributed by atoms with van der Waals surface area (Å²) in [7, 11) is 1.66. The van der Waals surface area contributed by atoms with Crippen molar-refractivity contribution in [2.75, 3.05) is 12.5 Å². The molecule has 16 heavy (non-hydrogen) atoms. The molecular formula is C11H18N4O. The summed E-state index contributed by atoms with van der Waals surface area (Å²) in [5.41, 5.74) is 4.95. The Morgan fingerprint density at radius 2 is 2.06 bits per heavy atom. The number of rotatable bonds is 3. The highest BCUT2D eigenvalue weighted by molar-refractivity contribution is 5.47. The molecule has 0 bridgehead atoms. The van der Waals surface area contributed by atoms with Crippen molar-refractivity contribution in [3.8, 4) is 0 Å². The van der Waals surface area contributed by atoms with Gasteiger partial charge in [0, 0.05) is 18.4 Å². The largest absolute Gasteiger partial charge is 0.374 e. The van der Waals surface area contributed by atoms with Gasteiger partial charge < -0.3 is 10.2 Å². The fraction of sp³-hybridized carbons (Fsp3) is 0.636. The molecule has 5 heteroatoms. The molecule has 5 nitrogen and oxygen atoms in total. The monoisotopic (exact) mass is 222 g/mol. The molecule has 1 unspecified atom stereocenters. The van der Waals surface area contributed by atoms with Gasteiger partial charge in [-0.25, -0.2) is 15.8 Å². The van der Waals surface area contributed by atoms with Crippen molar-refractivity contribution in [1.29, 1.82) is 0 Å². The van der Waals surface area contributed by atoms with Crippen LogP contribution in [0.15, 0.2) is 0 Å². The number of hydrogen-bond donors (Lipinski definition) is 2. The topological polar surface area (TPSA) is 73.1 Å². The summed E-state index contributed by atoms with van der Waals surface area (Å²) in [5, 5.41) is 0. The highest BCUT2D eigenvalue weighted by atomic mass is 16.5. The van der Waals surface area contributed by atoms with Gasteiger partial charge in [-0.3, -0.25) is 0 Å². The third-order valence-electron chi connectivity index (χ3n) is 3.05. The first-order chi connectivity index (χ1) is 7.76. The first-order valence-electron chi connectivity index (χ1n) is 5.65. The molecule has 1 aliphatic rings. The number of methoxy groups -OCH3 is 1. The summed E-state index contributed by atoms with van der Waals surface area (Å²) in [6.07, 6.45) is 4.30. The average Bonchev–Trinajstić information content (AvgIpc) is 2.36. The lowest BCUT2D eigenvalue weighted by Gasteiger charge is -2.20. The zero-order valence-electron chi connectivity index (χ0n) is 9.79. The van der Waals surface area contributed by atoms with Crippen molar-refractivity contribution in [2.45, 2.75) is 38.7 Å². The molecule has 1 aromatic heterocycles. The molecule has 0 saturated carbocycles. The standard InChI is InChI=1S/C11H18N4O/c1-7(16-2)10-13-9-6-4-3-5-8(9)11(14-10)15-12/h7H,3-6,12H2,1-2H3,(H,13,14,15). The van der Waals surface area contributed by atoms with Gasteiger partial charge in [0.15, 0.2) is 5.82 Å². The first kappa shape index (κ1) is 11.3. The van der Waals surface area contributed by atoms with Crippen molar-refractivity contribution in [2.24, 2.45) is 5.84 Å². The van der Waals surface area contributed by atoms with Gasteiger partial charge in [0.25, 0.3) is 0 Å². The molecule has 1 aromatic rings. The number of aryl methyl sites for hydroxylation is 1. The second-order valence-electron chi connectivity index (χ2n) is 4.09. The molecule has 0 amide bonds. The van der Waals surface area contributed by atoms with Crippen LogP contribution in [0.4, 0.5) is 5.82 Å². The van der Waals surface area contributed by atoms with Crippen molar-refractivity contribution in [1.82, 2.24) is 9.97 Å². The van der Waals surface area contributed by atoms with Crippen LogP contribution in [0, 0.1) is 0 Å². The van der Waals surface area contributed by atoms with Gasteiger partial charge in [0.2, 0.25) is 0 Å². The normalized spacial score (nSPS) is 16.7. The summed E-state index contributed by atoms with van der Waals surface area (Å²) in [6, 6.07) is 0. The minimum Gasteiger partial charge on any atom is -0.374 e. The Labute approximate surface area is 95.4 Å². The van der Waals surface area contributed by atoms with E-state index in [4.69, 9.17) is 10.6 Å². The maximum atomic E-state index is 5.50. The van der Waals surface area contributed by atoms with E-state index in [0.29, 0.717) is 5.82 Å². The SMILES string of the molecule is COC(C)c1nc2c(c(NN)n1)CCCC2. The molecule has 0 spiro atoms. The molecule has 0 fully saturated rings. The van der Waals surface area contributed by atoms with E-state index in [-0.39, 0.29) is 6.10 Å². The van der Waals surface area contributed by atoms with Gasteiger partial charge in [-0.15, -0.1) is 0 Å². The van der Waals surface area contributed by atoms with Gasteiger partial charge in [-0.1, -0.05) is 0 Å². The smallest absolute Gasteiger partial charge is 0.159 e. The van der Waals surface area contributed by atoms with Gasteiger partial charge in [-0.2, -0.15) is 0 Å². The number of fused-ring (bicyclic) bond motifs is 1. The highest BCUT2D eigenvalue weighted by Gasteiger charge is 2.19. The van der Waals surface area contributed by atoms with Crippen molar-refractivity contribution in [3.63, 3.8) is 0 Å². The van der Waals surface area contributed by atoms with Crippen LogP contribution in [0.2, 0.25) is 0 Å². The van der Waals surface area contributed by atoms with Crippen molar-refractivity contribution >= 4 is 5.82 Å². The van der Waals surface area contributed by atoms with Crippen LogP contribution in [0.3, 0.4) is 0 Å². The highest BCUT2D eigenvalue weighted by Crippen LogP contribution is 2.26. The quantitative estimate of drug-likeness (QED) is 0.596. The zero-order valence-corrected chi connectivity index (χ0v) is 9.79. The number of nitrogen functional groups attached to an aromatic ring is 1. The van der Waals surface area contributed by atoms with Crippen LogP contribution >= 0.6 is 0 Å². The Balaban J connectivity index is 2.43. The van der Waals surface area contributed by atoms with Crippen molar-refractivity contribution in [3.05, 3.63) is 17.1 Å². The predicted octanol–water partition coefficient (Wildman–Crippen LogP) is 1.35. The Morgan fingerprint density at radius 3 is 2.75 bits per heavy atom. The molecular weight excluding hydrogens is 204 g/mol. The Kier molecular flexibility index (Phi) is 3.36. The van der Waals surface area contributed by atoms with Crippen LogP contribution < -0.4 is 11.3 Å². The first-order valence-corrected chi connectivity index (χ1v) is 5.65. The third-order valence-corrected chi connectivity index (χ3v) is 3.05. The second kappa shape index (κ2) is 4.76. The van der Waals surface area contributed by atoms with Crippen LogP contribution in [0.5, 0.6) is 0 Å². The van der Waals surface area contributed by atoms with E-state index in [9.17, 15) is 0 Å². The predicted molar refractivity (Wildman–Crippen MR) is 61.9 cm³/mol. The Hall–Kier alpha value is -1.20. The van der Waals surface area contributed by atoms with E-state index in [2.05, 4.69) is 15.4 Å². The fourth-order valence-electron chi connectivity index (χ4n) is 2.02. The minimum absolute atomic E-state index is 0.0978. The molecule has 0 aliphatic heterocycles. The maximum Gasteiger partial charge on any atom is 0.159 e. The van der Waals surface area contributed by atoms with E-state index in [0.717, 1.165) is 24.4 Å². The minimum atomic E-state index is -0.0978. The molecule has 2 rings (SSSR count). The summed E-state index contributed by atoms with van der Waals surface area (Å²) >= 11 is 0. The number of hydrazine groups is 1. The van der Waals surface area contributed by atoms with Crippen LogP contribution in [-0.4, -0.2) is 17.1 Å². The van der Waals surface area contributed by atoms with E-state index < -0.39 is 0 Å². The number of nitrogens with one attached hydrogen (secondary N) is 1. The lowest BCUT2D eigenvalue weighted by atomic mass is 9.96. The number of aromatic nitrogens is 2. The second-order valence-corrected chi connectivity index (χ2v) is 4.09. The molecule has 1 atom stereocenters. The average molecular weight is 222 g/mol. The van der Waals surface area contributed by atoms with E-state index in [1.54, 1.807) is 7.11 Å². The molecule has 1 heterocycles. The van der Waals surface area contributed by atoms with Crippen molar-refractivity contribution < 1.29 is 4.74 Å². The number of anilines is 1. The number of nitrogens with two attached hydrogens (primary N) is 1. The molecule has 0 aromatic carbocycles. The Morgan fingerprint density at radius 1 is 1.31 bits per heavy atom. The fourth-order valence-corrected chi connectivity index (χ4v) is 2.02. The van der Waals surface area contributed by atoms with Gasteiger partial charge >= 0.3 is 0 Å². The zero-order chi connectivity index (χ0) is 11.5. The Bertz CT molecular complexity index is 363. The maximum absolute atomic E-state index is 5.50. The summed E-state index contributed by atoms with van der Waals surface area (Å²) in [5.74, 6) is 6.96. The molecule has 88 valence electrons. The molecule has 0 radical (unpaired) electrons. The molecule has 3 N–H and O–H groups in total. The van der Waals surface area contributed by atoms with Gasteiger partial charge in [-0.05, 0) is 32.6 Å². The molecule has 0 saturated heterocycles. The third kappa shape index (κ3) is 2.01. The van der Waals surface area contributed by atoms with Crippen LogP contribution in [-0.2, 0) is 17.6 Å². The lowest BCUT2D eigenvalue weighted by molar-refractivity contribution is 0.112.